The van der Waals surface area contributed by atoms with Gasteiger partial charge in [-0.05, 0) is 40.2 Å². The van der Waals surface area contributed by atoms with Gasteiger partial charge in [-0.2, -0.15) is 0 Å². The molecule has 0 aliphatic heterocycles. The summed E-state index contributed by atoms with van der Waals surface area (Å²) in [5.41, 5.74) is 6.34. The summed E-state index contributed by atoms with van der Waals surface area (Å²) in [4.78, 5) is 8.13. The van der Waals surface area contributed by atoms with Gasteiger partial charge in [-0.1, -0.05) is 0 Å². The summed E-state index contributed by atoms with van der Waals surface area (Å²) in [5.74, 6) is 0.838. The molecule has 0 aliphatic carbocycles. The predicted octanol–water partition coefficient (Wildman–Crippen LogP) is 1.97. The van der Waals surface area contributed by atoms with Crippen molar-refractivity contribution in [1.29, 1.82) is 0 Å². The summed E-state index contributed by atoms with van der Waals surface area (Å²) in [5, 5.41) is 3.02. The molecule has 6 nitrogen and oxygen atoms in total. The SMILES string of the molecule is CS(=O)(=O)c1ccc(Nc2ncnc(N)c2Br)cc1. The number of nitrogens with two attached hydrogens (primary N) is 1. The molecule has 1 heterocycles. The van der Waals surface area contributed by atoms with E-state index in [1.165, 1.54) is 18.5 Å². The zero-order chi connectivity index (χ0) is 14.0. The van der Waals surface area contributed by atoms with Crippen LogP contribution in [0.25, 0.3) is 0 Å². The van der Waals surface area contributed by atoms with Crippen molar-refractivity contribution in [3.8, 4) is 0 Å². The molecule has 0 atom stereocenters. The molecule has 0 amide bonds. The second-order valence-corrected chi connectivity index (χ2v) is 6.65. The highest BCUT2D eigenvalue weighted by Gasteiger charge is 2.08. The molecule has 19 heavy (non-hydrogen) atoms. The third-order valence-electron chi connectivity index (χ3n) is 2.36. The van der Waals surface area contributed by atoms with Gasteiger partial charge in [0.15, 0.2) is 9.84 Å². The van der Waals surface area contributed by atoms with Crippen LogP contribution in [0, 0.1) is 0 Å². The lowest BCUT2D eigenvalue weighted by Gasteiger charge is -2.08. The van der Waals surface area contributed by atoms with Crippen molar-refractivity contribution < 1.29 is 8.42 Å². The van der Waals surface area contributed by atoms with Gasteiger partial charge in [0.25, 0.3) is 0 Å². The van der Waals surface area contributed by atoms with Gasteiger partial charge in [0.1, 0.15) is 22.4 Å². The molecule has 0 saturated heterocycles. The van der Waals surface area contributed by atoms with Crippen LogP contribution < -0.4 is 11.1 Å². The minimum Gasteiger partial charge on any atom is -0.383 e. The molecule has 0 fully saturated rings. The minimum atomic E-state index is -3.19. The highest BCUT2D eigenvalue weighted by Crippen LogP contribution is 2.27. The van der Waals surface area contributed by atoms with Gasteiger partial charge in [-0.25, -0.2) is 18.4 Å². The maximum Gasteiger partial charge on any atom is 0.175 e. The van der Waals surface area contributed by atoms with Crippen molar-refractivity contribution in [3.63, 3.8) is 0 Å². The molecule has 1 aromatic carbocycles. The van der Waals surface area contributed by atoms with E-state index >= 15 is 0 Å². The zero-order valence-corrected chi connectivity index (χ0v) is 12.4. The lowest BCUT2D eigenvalue weighted by Crippen LogP contribution is -2.01. The highest BCUT2D eigenvalue weighted by atomic mass is 79.9. The Morgan fingerprint density at radius 1 is 1.21 bits per heavy atom. The quantitative estimate of drug-likeness (QED) is 0.884. The van der Waals surface area contributed by atoms with Crippen LogP contribution in [0.15, 0.2) is 40.0 Å². The van der Waals surface area contributed by atoms with E-state index in [0.717, 1.165) is 6.26 Å². The number of sulfone groups is 1. The second kappa shape index (κ2) is 5.14. The third kappa shape index (κ3) is 3.21. The number of benzene rings is 1. The first-order valence-corrected chi connectivity index (χ1v) is 7.89. The average Bonchev–Trinajstić information content (AvgIpc) is 2.35. The first kappa shape index (κ1) is 13.8. The number of nitrogens with one attached hydrogen (secondary N) is 1. The standard InChI is InChI=1S/C11H11BrN4O2S/c1-19(17,18)8-4-2-7(3-5-8)16-11-9(12)10(13)14-6-15-11/h2-6H,1H3,(H3,13,14,15,16). The normalized spacial score (nSPS) is 11.3. The number of rotatable bonds is 3. The maximum atomic E-state index is 11.3. The van der Waals surface area contributed by atoms with Crippen LogP contribution in [0.3, 0.4) is 0 Å². The van der Waals surface area contributed by atoms with Crippen LogP contribution in [-0.4, -0.2) is 24.6 Å². The molecular formula is C11H11BrN4O2S. The van der Waals surface area contributed by atoms with E-state index in [1.807, 2.05) is 0 Å². The largest absolute Gasteiger partial charge is 0.383 e. The molecule has 0 radical (unpaired) electrons. The Morgan fingerprint density at radius 2 is 1.84 bits per heavy atom. The fourth-order valence-corrected chi connectivity index (χ4v) is 2.33. The maximum absolute atomic E-state index is 11.3. The van der Waals surface area contributed by atoms with Crippen molar-refractivity contribution in [2.45, 2.75) is 4.90 Å². The zero-order valence-electron chi connectivity index (χ0n) is 9.96. The molecule has 8 heteroatoms. The Morgan fingerprint density at radius 3 is 2.42 bits per heavy atom. The van der Waals surface area contributed by atoms with Gasteiger partial charge >= 0.3 is 0 Å². The molecule has 0 spiro atoms. The van der Waals surface area contributed by atoms with E-state index in [1.54, 1.807) is 12.1 Å². The molecule has 2 aromatic rings. The van der Waals surface area contributed by atoms with Crippen LogP contribution in [-0.2, 0) is 9.84 Å². The Balaban J connectivity index is 2.27. The lowest BCUT2D eigenvalue weighted by atomic mass is 10.3. The Kier molecular flexibility index (Phi) is 3.72. The van der Waals surface area contributed by atoms with E-state index in [2.05, 4.69) is 31.2 Å². The van der Waals surface area contributed by atoms with Crippen molar-refractivity contribution in [1.82, 2.24) is 9.97 Å². The van der Waals surface area contributed by atoms with Gasteiger partial charge in [0.05, 0.1) is 4.90 Å². The lowest BCUT2D eigenvalue weighted by molar-refractivity contribution is 0.602. The smallest absolute Gasteiger partial charge is 0.175 e. The Hall–Kier alpha value is -1.67. The summed E-state index contributed by atoms with van der Waals surface area (Å²) in [6, 6.07) is 6.36. The van der Waals surface area contributed by atoms with Gasteiger partial charge in [0, 0.05) is 11.9 Å². The topological polar surface area (TPSA) is 98.0 Å². The fourth-order valence-electron chi connectivity index (χ4n) is 1.39. The van der Waals surface area contributed by atoms with E-state index in [0.29, 0.717) is 21.8 Å². The number of hydrogen-bond acceptors (Lipinski definition) is 6. The second-order valence-electron chi connectivity index (χ2n) is 3.84. The first-order valence-electron chi connectivity index (χ1n) is 5.21. The van der Waals surface area contributed by atoms with Crippen molar-refractivity contribution >= 4 is 43.1 Å². The molecule has 0 unspecified atom stereocenters. The van der Waals surface area contributed by atoms with Crippen LogP contribution in [0.2, 0.25) is 0 Å². The summed E-state index contributed by atoms with van der Waals surface area (Å²) < 4.78 is 23.2. The fraction of sp³-hybridized carbons (Fsp3) is 0.0909. The van der Waals surface area contributed by atoms with Crippen LogP contribution >= 0.6 is 15.9 Å². The third-order valence-corrected chi connectivity index (χ3v) is 4.27. The van der Waals surface area contributed by atoms with Gasteiger partial charge < -0.3 is 11.1 Å². The molecule has 1 aromatic heterocycles. The number of halogens is 1. The minimum absolute atomic E-state index is 0.263. The molecule has 0 aliphatic rings. The number of hydrogen-bond donors (Lipinski definition) is 2. The summed E-state index contributed by atoms with van der Waals surface area (Å²) >= 11 is 3.28. The summed E-state index contributed by atoms with van der Waals surface area (Å²) in [6.07, 6.45) is 2.50. The summed E-state index contributed by atoms with van der Waals surface area (Å²) in [6.45, 7) is 0. The van der Waals surface area contributed by atoms with E-state index < -0.39 is 9.84 Å². The Bertz CT molecular complexity index is 701. The predicted molar refractivity (Wildman–Crippen MR) is 77.0 cm³/mol. The average molecular weight is 343 g/mol. The summed E-state index contributed by atoms with van der Waals surface area (Å²) in [7, 11) is -3.19. The van der Waals surface area contributed by atoms with Crippen LogP contribution in [0.1, 0.15) is 0 Å². The monoisotopic (exact) mass is 342 g/mol. The number of nitrogen functional groups attached to an aromatic ring is 1. The molecule has 0 bridgehead atoms. The molecule has 0 saturated carbocycles. The van der Waals surface area contributed by atoms with E-state index in [-0.39, 0.29) is 4.90 Å². The number of nitrogens with zero attached hydrogens (tertiary/aromatic N) is 2. The number of aromatic nitrogens is 2. The van der Waals surface area contributed by atoms with Gasteiger partial charge in [-0.3, -0.25) is 0 Å². The van der Waals surface area contributed by atoms with Crippen molar-refractivity contribution in [2.24, 2.45) is 0 Å². The van der Waals surface area contributed by atoms with Crippen LogP contribution in [0.4, 0.5) is 17.3 Å². The molecule has 100 valence electrons. The van der Waals surface area contributed by atoms with Crippen LogP contribution in [0.5, 0.6) is 0 Å². The van der Waals surface area contributed by atoms with Gasteiger partial charge in [-0.15, -0.1) is 0 Å². The molecule has 3 N–H and O–H groups in total. The molecular weight excluding hydrogens is 332 g/mol. The molecule has 2 rings (SSSR count). The number of anilines is 3. The van der Waals surface area contributed by atoms with Gasteiger partial charge in [0.2, 0.25) is 0 Å². The Labute approximate surface area is 119 Å². The first-order chi connectivity index (χ1) is 8.88. The van der Waals surface area contributed by atoms with Crippen molar-refractivity contribution in [3.05, 3.63) is 35.1 Å². The van der Waals surface area contributed by atoms with E-state index in [9.17, 15) is 8.42 Å². The van der Waals surface area contributed by atoms with Crippen molar-refractivity contribution in [2.75, 3.05) is 17.3 Å². The highest BCUT2D eigenvalue weighted by molar-refractivity contribution is 9.10. The van der Waals surface area contributed by atoms with E-state index in [4.69, 9.17) is 5.73 Å².